The molecular formula is C14H27NO2. The van der Waals surface area contributed by atoms with Gasteiger partial charge in [0, 0.05) is 6.04 Å². The van der Waals surface area contributed by atoms with E-state index in [9.17, 15) is 4.79 Å². The Hall–Kier alpha value is -0.570. The molecule has 1 N–H and O–H groups in total. The van der Waals surface area contributed by atoms with E-state index < -0.39 is 0 Å². The summed E-state index contributed by atoms with van der Waals surface area (Å²) in [6, 6.07) is 0.345. The van der Waals surface area contributed by atoms with Gasteiger partial charge in [-0.1, -0.05) is 33.6 Å². The van der Waals surface area contributed by atoms with Gasteiger partial charge in [0.2, 0.25) is 0 Å². The summed E-state index contributed by atoms with van der Waals surface area (Å²) in [7, 11) is 1.47. The maximum Gasteiger partial charge on any atom is 0.322 e. The van der Waals surface area contributed by atoms with Crippen molar-refractivity contribution in [2.24, 2.45) is 11.8 Å². The molecule has 1 saturated carbocycles. The molecule has 0 spiro atoms. The van der Waals surface area contributed by atoms with E-state index in [4.69, 9.17) is 4.74 Å². The van der Waals surface area contributed by atoms with Crippen molar-refractivity contribution >= 4 is 5.97 Å². The second-order valence-electron chi connectivity index (χ2n) is 5.74. The largest absolute Gasteiger partial charge is 0.468 e. The van der Waals surface area contributed by atoms with Gasteiger partial charge in [0.25, 0.3) is 0 Å². The van der Waals surface area contributed by atoms with Crippen molar-refractivity contribution in [3.63, 3.8) is 0 Å². The van der Waals surface area contributed by atoms with Gasteiger partial charge >= 0.3 is 5.97 Å². The highest BCUT2D eigenvalue weighted by atomic mass is 16.5. The Balaban J connectivity index is 2.54. The minimum Gasteiger partial charge on any atom is -0.468 e. The Morgan fingerprint density at radius 2 is 2.00 bits per heavy atom. The summed E-state index contributed by atoms with van der Waals surface area (Å²) in [5.74, 6) is 1.06. The number of esters is 1. The molecule has 17 heavy (non-hydrogen) atoms. The fraction of sp³-hybridized carbons (Fsp3) is 0.929. The number of nitrogens with one attached hydrogen (secondary N) is 1. The maximum atomic E-state index is 11.7. The van der Waals surface area contributed by atoms with Gasteiger partial charge in [0.1, 0.15) is 6.04 Å². The predicted octanol–water partition coefficient (Wildman–Crippen LogP) is 2.74. The predicted molar refractivity (Wildman–Crippen MR) is 69.8 cm³/mol. The Morgan fingerprint density at radius 3 is 2.53 bits per heavy atom. The van der Waals surface area contributed by atoms with Crippen LogP contribution >= 0.6 is 0 Å². The third-order valence-corrected chi connectivity index (χ3v) is 3.72. The van der Waals surface area contributed by atoms with E-state index >= 15 is 0 Å². The number of rotatable bonds is 5. The van der Waals surface area contributed by atoms with Crippen molar-refractivity contribution in [3.05, 3.63) is 0 Å². The lowest BCUT2D eigenvalue weighted by molar-refractivity contribution is -0.144. The van der Waals surface area contributed by atoms with Crippen molar-refractivity contribution in [1.29, 1.82) is 0 Å². The summed E-state index contributed by atoms with van der Waals surface area (Å²) >= 11 is 0. The smallest absolute Gasteiger partial charge is 0.322 e. The van der Waals surface area contributed by atoms with Crippen molar-refractivity contribution in [2.45, 2.75) is 65.0 Å². The normalized spacial score (nSPS) is 26.9. The highest BCUT2D eigenvalue weighted by Gasteiger charge is 2.28. The van der Waals surface area contributed by atoms with Gasteiger partial charge in [-0.2, -0.15) is 0 Å². The third kappa shape index (κ3) is 4.66. The summed E-state index contributed by atoms with van der Waals surface area (Å²) in [5.41, 5.74) is 0. The molecule has 0 bridgehead atoms. The van der Waals surface area contributed by atoms with E-state index in [0.29, 0.717) is 17.9 Å². The Labute approximate surface area is 105 Å². The molecule has 1 fully saturated rings. The van der Waals surface area contributed by atoms with Crippen LogP contribution in [0, 0.1) is 11.8 Å². The first-order valence-corrected chi connectivity index (χ1v) is 6.88. The van der Waals surface area contributed by atoms with Gasteiger partial charge in [0.05, 0.1) is 7.11 Å². The van der Waals surface area contributed by atoms with Crippen LogP contribution in [-0.4, -0.2) is 25.2 Å². The van der Waals surface area contributed by atoms with Crippen LogP contribution in [0.1, 0.15) is 52.9 Å². The van der Waals surface area contributed by atoms with Gasteiger partial charge in [-0.25, -0.2) is 0 Å². The van der Waals surface area contributed by atoms with Crippen LogP contribution < -0.4 is 5.32 Å². The molecule has 100 valence electrons. The second kappa shape index (κ2) is 7.00. The number of hydrogen-bond donors (Lipinski definition) is 1. The van der Waals surface area contributed by atoms with Crippen molar-refractivity contribution < 1.29 is 9.53 Å². The number of carbonyl (C=O) groups excluding carboxylic acids is 1. The first-order valence-electron chi connectivity index (χ1n) is 6.88. The monoisotopic (exact) mass is 241 g/mol. The van der Waals surface area contributed by atoms with Gasteiger partial charge in [-0.3, -0.25) is 4.79 Å². The average molecular weight is 241 g/mol. The molecule has 1 aliphatic rings. The van der Waals surface area contributed by atoms with Crippen LogP contribution in [0.2, 0.25) is 0 Å². The van der Waals surface area contributed by atoms with Crippen LogP contribution in [-0.2, 0) is 9.53 Å². The zero-order valence-electron chi connectivity index (χ0n) is 11.7. The van der Waals surface area contributed by atoms with Crippen LogP contribution in [0.5, 0.6) is 0 Å². The molecular weight excluding hydrogens is 214 g/mol. The average Bonchev–Trinajstić information content (AvgIpc) is 2.29. The molecule has 3 unspecified atom stereocenters. The fourth-order valence-corrected chi connectivity index (χ4v) is 2.67. The van der Waals surface area contributed by atoms with Crippen LogP contribution in [0.3, 0.4) is 0 Å². The van der Waals surface area contributed by atoms with E-state index in [1.807, 2.05) is 0 Å². The lowest BCUT2D eigenvalue weighted by Gasteiger charge is -2.33. The topological polar surface area (TPSA) is 38.3 Å². The third-order valence-electron chi connectivity index (χ3n) is 3.72. The quantitative estimate of drug-likeness (QED) is 0.752. The number of methoxy groups -OCH3 is 1. The van der Waals surface area contributed by atoms with Crippen molar-refractivity contribution in [2.75, 3.05) is 7.11 Å². The molecule has 1 aliphatic carbocycles. The fourth-order valence-electron chi connectivity index (χ4n) is 2.67. The summed E-state index contributed by atoms with van der Waals surface area (Å²) in [6.07, 6.45) is 5.92. The van der Waals surface area contributed by atoms with Crippen molar-refractivity contribution in [1.82, 2.24) is 5.32 Å². The Morgan fingerprint density at radius 1 is 1.35 bits per heavy atom. The maximum absolute atomic E-state index is 11.7. The minimum atomic E-state index is -0.134. The van der Waals surface area contributed by atoms with E-state index in [0.717, 1.165) is 6.42 Å². The van der Waals surface area contributed by atoms with Crippen molar-refractivity contribution in [3.8, 4) is 0 Å². The zero-order valence-corrected chi connectivity index (χ0v) is 11.7. The van der Waals surface area contributed by atoms with Crippen LogP contribution in [0.25, 0.3) is 0 Å². The standard InChI is InChI=1S/C14H27NO2/c1-10(2)9-13(14(16)17-4)15-12-8-6-5-7-11(12)3/h10-13,15H,5-9H2,1-4H3. The minimum absolute atomic E-state index is 0.114. The molecule has 3 nitrogen and oxygen atoms in total. The first-order chi connectivity index (χ1) is 8.04. The molecule has 0 aromatic rings. The molecule has 0 radical (unpaired) electrons. The Bertz CT molecular complexity index is 240. The molecule has 0 aliphatic heterocycles. The zero-order chi connectivity index (χ0) is 12.8. The molecule has 1 rings (SSSR count). The molecule has 3 atom stereocenters. The summed E-state index contributed by atoms with van der Waals surface area (Å²) < 4.78 is 4.89. The van der Waals surface area contributed by atoms with Gasteiger partial charge in [-0.15, -0.1) is 0 Å². The number of ether oxygens (including phenoxy) is 1. The van der Waals surface area contributed by atoms with E-state index in [1.165, 1.54) is 32.8 Å². The lowest BCUT2D eigenvalue weighted by atomic mass is 9.85. The van der Waals surface area contributed by atoms with Gasteiger partial charge < -0.3 is 10.1 Å². The van der Waals surface area contributed by atoms with E-state index in [-0.39, 0.29) is 12.0 Å². The number of carbonyl (C=O) groups is 1. The van der Waals surface area contributed by atoms with Crippen LogP contribution in [0.15, 0.2) is 0 Å². The van der Waals surface area contributed by atoms with Crippen LogP contribution in [0.4, 0.5) is 0 Å². The highest BCUT2D eigenvalue weighted by Crippen LogP contribution is 2.24. The van der Waals surface area contributed by atoms with E-state index in [1.54, 1.807) is 0 Å². The molecule has 0 heterocycles. The SMILES string of the molecule is COC(=O)C(CC(C)C)NC1CCCCC1C. The highest BCUT2D eigenvalue weighted by molar-refractivity contribution is 5.75. The molecule has 0 amide bonds. The first kappa shape index (κ1) is 14.5. The molecule has 3 heteroatoms. The molecule has 0 saturated heterocycles. The van der Waals surface area contributed by atoms with Gasteiger partial charge in [0.15, 0.2) is 0 Å². The Kier molecular flexibility index (Phi) is 5.96. The summed E-state index contributed by atoms with van der Waals surface area (Å²) in [6.45, 7) is 6.56. The summed E-state index contributed by atoms with van der Waals surface area (Å²) in [5, 5.41) is 3.51. The number of hydrogen-bond acceptors (Lipinski definition) is 3. The van der Waals surface area contributed by atoms with Gasteiger partial charge in [-0.05, 0) is 31.1 Å². The second-order valence-corrected chi connectivity index (χ2v) is 5.74. The lowest BCUT2D eigenvalue weighted by Crippen LogP contribution is -2.48. The molecule has 0 aromatic heterocycles. The van der Waals surface area contributed by atoms with E-state index in [2.05, 4.69) is 26.1 Å². The summed E-state index contributed by atoms with van der Waals surface area (Å²) in [4.78, 5) is 11.7. The molecule has 0 aromatic carbocycles.